The summed E-state index contributed by atoms with van der Waals surface area (Å²) in [6.07, 6.45) is -26.5. The molecule has 1 amide bonds. The van der Waals surface area contributed by atoms with Crippen molar-refractivity contribution in [3.63, 3.8) is 0 Å². The van der Waals surface area contributed by atoms with Crippen LogP contribution in [0, 0.1) is 5.92 Å². The highest BCUT2D eigenvalue weighted by Crippen LogP contribution is 2.42. The number of esters is 4. The van der Waals surface area contributed by atoms with Crippen LogP contribution in [0.5, 0.6) is 0 Å². The smallest absolute Gasteiger partial charge is 0.467 e. The molecular formula is C69H76N4O24. The number of nitrogens with zero attached hydrogens (tertiary/aromatic N) is 3. The maximum atomic E-state index is 14.8. The van der Waals surface area contributed by atoms with Gasteiger partial charge in [-0.3, -0.25) is 0 Å². The Morgan fingerprint density at radius 1 is 0.557 bits per heavy atom. The number of amides is 1. The number of alkyl carbamates (subject to hydrolysis) is 1. The Kier molecular flexibility index (Phi) is 25.1. The van der Waals surface area contributed by atoms with Gasteiger partial charge in [0.2, 0.25) is 0 Å². The van der Waals surface area contributed by atoms with Gasteiger partial charge in [-0.05, 0) is 52.9 Å². The third-order valence-electron chi connectivity index (χ3n) is 16.8. The fourth-order valence-corrected chi connectivity index (χ4v) is 12.0. The third-order valence-corrected chi connectivity index (χ3v) is 16.8. The highest BCUT2D eigenvalue weighted by Gasteiger charge is 2.62. The van der Waals surface area contributed by atoms with Crippen LogP contribution in [-0.4, -0.2) is 187 Å². The molecule has 20 atom stereocenters. The first-order valence-electron chi connectivity index (χ1n) is 31.4. The molecule has 0 bridgehead atoms. The largest absolute Gasteiger partial charge is 0.509 e. The zero-order valence-corrected chi connectivity index (χ0v) is 53.6. The number of hydrogen-bond donors (Lipinski definition) is 1. The number of nitrogens with one attached hydrogen (secondary N) is 1. The summed E-state index contributed by atoms with van der Waals surface area (Å²) in [5.41, 5.74) is 12.4. The number of benzene rings is 5. The van der Waals surface area contributed by atoms with Crippen LogP contribution in [0.3, 0.4) is 0 Å². The summed E-state index contributed by atoms with van der Waals surface area (Å²) in [6, 6.07) is 40.3. The standard InChI is InChI=1S/C69H76N4O24/c1-7-34-83-69(79)97-58-49(84-35-40-24-14-9-15-25-40)39(3)50(62(76)80-4)91-66(58)92-51-45(8-2)88-65(47-54(51)96-68(78)71-47)94-56-55(86-37-42-28-18-11-19-29-42)59(90-61(75)44-32-22-13-23-33-44)67(95-57(56)63(77)81-5)93-52-46(38-87-60(74)43-30-20-12-21-31-43)89-64(82-6)48(72-73-70)53(52)85-36-41-26-16-10-17-27-41/h7,9-33,39,45-59,64-67H,1,8,34-38H2,2-6H3,(H,71,78)/t39-,45?,46?,47?,48?,49+,50?,51+,52+,53-,54-,55-,56-,57?,58?,59?,64-,65+,66+,67-/m1/s1. The lowest BCUT2D eigenvalue weighted by atomic mass is 9.89. The molecule has 0 aliphatic carbocycles. The number of carbonyl (C=O) groups excluding carboxylic acids is 6. The van der Waals surface area contributed by atoms with Crippen molar-refractivity contribution in [1.82, 2.24) is 5.32 Å². The molecule has 5 heterocycles. The van der Waals surface area contributed by atoms with Crippen molar-refractivity contribution in [1.29, 1.82) is 0 Å². The normalized spacial score (nSPS) is 30.5. The molecule has 0 aromatic heterocycles. The van der Waals surface area contributed by atoms with Crippen molar-refractivity contribution in [3.05, 3.63) is 203 Å². The van der Waals surface area contributed by atoms with Crippen molar-refractivity contribution >= 4 is 36.1 Å². The minimum Gasteiger partial charge on any atom is -0.467 e. The van der Waals surface area contributed by atoms with Crippen LogP contribution in [0.15, 0.2) is 169 Å². The molecule has 97 heavy (non-hydrogen) atoms. The minimum atomic E-state index is -1.93. The number of methoxy groups -OCH3 is 3. The summed E-state index contributed by atoms with van der Waals surface area (Å²) in [7, 11) is 3.58. The highest BCUT2D eigenvalue weighted by molar-refractivity contribution is 5.90. The van der Waals surface area contributed by atoms with E-state index in [-0.39, 0.29) is 44.0 Å². The SMILES string of the molecule is C=CCOC(=O)OC1[C@H](O[C@H]2C(CC)O[C@@H](O[C@H]3C(C(=O)OC)O[C@@H](O[C@H]4C(COC(=O)c5ccccc5)O[C@@H](OC)C(N=[N+]=[N-])[C@H]4OCc4ccccc4)C(OC(=O)c4ccccc4)[C@@H]3OCc3ccccc3)C3NC(=O)O[C@H]32)OC(C(=O)OC)[C@H](C)[C@@H]1OCc1ccccc1. The summed E-state index contributed by atoms with van der Waals surface area (Å²) >= 11 is 0. The zero-order chi connectivity index (χ0) is 68.4. The fourth-order valence-electron chi connectivity index (χ4n) is 12.0. The second-order valence-electron chi connectivity index (χ2n) is 22.9. The molecule has 5 saturated heterocycles. The molecule has 28 nitrogen and oxygen atoms in total. The summed E-state index contributed by atoms with van der Waals surface area (Å²) in [4.78, 5) is 87.3. The molecule has 5 aromatic carbocycles. The molecule has 1 N–H and O–H groups in total. The molecule has 0 saturated carbocycles. The Balaban J connectivity index is 1.03. The fraction of sp³-hybridized carbons (Fsp3) is 0.449. The molecular weight excluding hydrogens is 1270 g/mol. The average Bonchev–Trinajstić information content (AvgIpc) is 1.74. The first-order chi connectivity index (χ1) is 47.2. The number of carbonyl (C=O) groups is 6. The van der Waals surface area contributed by atoms with Crippen LogP contribution in [0.2, 0.25) is 0 Å². The second kappa shape index (κ2) is 34.4. The van der Waals surface area contributed by atoms with E-state index in [0.717, 1.165) is 12.7 Å². The van der Waals surface area contributed by atoms with E-state index < -0.39 is 165 Å². The molecule has 5 aliphatic rings. The number of hydrogen-bond acceptors (Lipinski definition) is 25. The van der Waals surface area contributed by atoms with Gasteiger partial charge in [0, 0.05) is 17.9 Å². The predicted octanol–water partition coefficient (Wildman–Crippen LogP) is 7.78. The average molecular weight is 1350 g/mol. The van der Waals surface area contributed by atoms with E-state index in [4.69, 9.17) is 85.3 Å². The van der Waals surface area contributed by atoms with Crippen LogP contribution in [-0.2, 0) is 115 Å². The van der Waals surface area contributed by atoms with E-state index >= 15 is 0 Å². The van der Waals surface area contributed by atoms with Crippen LogP contribution >= 0.6 is 0 Å². The first kappa shape index (κ1) is 70.9. The molecule has 5 aliphatic heterocycles. The van der Waals surface area contributed by atoms with Crippen molar-refractivity contribution in [2.75, 3.05) is 34.5 Å². The molecule has 5 aromatic rings. The van der Waals surface area contributed by atoms with E-state index in [1.807, 2.05) is 36.4 Å². The van der Waals surface area contributed by atoms with E-state index in [0.29, 0.717) is 11.1 Å². The topological polar surface area (TPSA) is 329 Å². The van der Waals surface area contributed by atoms with E-state index in [2.05, 4.69) is 21.9 Å². The molecule has 516 valence electrons. The van der Waals surface area contributed by atoms with Gasteiger partial charge in [-0.15, -0.1) is 0 Å². The van der Waals surface area contributed by atoms with E-state index in [9.17, 15) is 34.3 Å². The Bertz CT molecular complexity index is 3450. The molecule has 5 fully saturated rings. The van der Waals surface area contributed by atoms with Crippen molar-refractivity contribution in [2.45, 2.75) is 157 Å². The number of fused-ring (bicyclic) bond motifs is 1. The number of ether oxygens (including phenoxy) is 18. The van der Waals surface area contributed by atoms with Gasteiger partial charge in [0.15, 0.2) is 55.7 Å². The van der Waals surface area contributed by atoms with E-state index in [1.54, 1.807) is 117 Å². The monoisotopic (exact) mass is 1340 g/mol. The predicted molar refractivity (Wildman–Crippen MR) is 334 cm³/mol. The second-order valence-corrected chi connectivity index (χ2v) is 22.9. The Hall–Kier alpha value is -8.87. The zero-order valence-electron chi connectivity index (χ0n) is 53.6. The van der Waals surface area contributed by atoms with Crippen LogP contribution in [0.4, 0.5) is 9.59 Å². The maximum Gasteiger partial charge on any atom is 0.509 e. The first-order valence-corrected chi connectivity index (χ1v) is 31.4. The Labute approximate surface area is 558 Å². The quantitative estimate of drug-likeness (QED) is 0.0125. The van der Waals surface area contributed by atoms with Crippen LogP contribution in [0.25, 0.3) is 10.4 Å². The summed E-state index contributed by atoms with van der Waals surface area (Å²) in [6.45, 7) is 5.83. The van der Waals surface area contributed by atoms with Crippen molar-refractivity contribution in [3.8, 4) is 0 Å². The van der Waals surface area contributed by atoms with Crippen molar-refractivity contribution < 1.29 is 114 Å². The molecule has 28 heteroatoms. The van der Waals surface area contributed by atoms with Gasteiger partial charge < -0.3 is 90.6 Å². The lowest BCUT2D eigenvalue weighted by molar-refractivity contribution is -0.370. The number of azide groups is 1. The lowest BCUT2D eigenvalue weighted by Crippen LogP contribution is -2.69. The van der Waals surface area contributed by atoms with Crippen molar-refractivity contribution in [2.24, 2.45) is 11.0 Å². The summed E-state index contributed by atoms with van der Waals surface area (Å²) in [5.74, 6) is -4.41. The van der Waals surface area contributed by atoms with Crippen LogP contribution in [0.1, 0.15) is 57.7 Å². The van der Waals surface area contributed by atoms with Gasteiger partial charge in [0.05, 0.1) is 51.3 Å². The van der Waals surface area contributed by atoms with Crippen LogP contribution < -0.4 is 5.32 Å². The van der Waals surface area contributed by atoms with Gasteiger partial charge in [-0.1, -0.05) is 159 Å². The molecule has 0 spiro atoms. The highest BCUT2D eigenvalue weighted by atomic mass is 16.8. The molecule has 10 rings (SSSR count). The maximum absolute atomic E-state index is 14.8. The Morgan fingerprint density at radius 2 is 1.05 bits per heavy atom. The van der Waals surface area contributed by atoms with Gasteiger partial charge in [0.25, 0.3) is 0 Å². The Morgan fingerprint density at radius 3 is 1.60 bits per heavy atom. The third kappa shape index (κ3) is 17.5. The summed E-state index contributed by atoms with van der Waals surface area (Å²) in [5, 5.41) is 6.81. The number of rotatable bonds is 28. The van der Waals surface area contributed by atoms with Gasteiger partial charge in [-0.25, -0.2) is 28.8 Å². The molecule has 8 unspecified atom stereocenters. The molecule has 0 radical (unpaired) electrons. The lowest BCUT2D eigenvalue weighted by Gasteiger charge is -2.50. The van der Waals surface area contributed by atoms with E-state index in [1.165, 1.54) is 32.4 Å². The van der Waals surface area contributed by atoms with Gasteiger partial charge in [0.1, 0.15) is 68.0 Å². The van der Waals surface area contributed by atoms with Gasteiger partial charge >= 0.3 is 36.1 Å². The summed E-state index contributed by atoms with van der Waals surface area (Å²) < 4.78 is 113. The van der Waals surface area contributed by atoms with Gasteiger partial charge in [-0.2, -0.15) is 0 Å². The minimum absolute atomic E-state index is 0.0156.